The molecule has 0 spiro atoms. The lowest BCUT2D eigenvalue weighted by Gasteiger charge is -2.05. The van der Waals surface area contributed by atoms with Gasteiger partial charge in [-0.25, -0.2) is 14.6 Å². The van der Waals surface area contributed by atoms with E-state index in [1.807, 2.05) is 24.3 Å². The summed E-state index contributed by atoms with van der Waals surface area (Å²) in [5, 5.41) is 18.6. The van der Waals surface area contributed by atoms with E-state index in [9.17, 15) is 14.7 Å². The van der Waals surface area contributed by atoms with Crippen LogP contribution in [0.15, 0.2) is 58.6 Å². The van der Waals surface area contributed by atoms with E-state index >= 15 is 0 Å². The van der Waals surface area contributed by atoms with Crippen LogP contribution in [0, 0.1) is 0 Å². The molecular weight excluding hydrogens is 356 g/mol. The monoisotopic (exact) mass is 370 g/mol. The van der Waals surface area contributed by atoms with Gasteiger partial charge in [0.05, 0.1) is 11.0 Å². The van der Waals surface area contributed by atoms with Crippen molar-refractivity contribution in [2.75, 3.05) is 6.61 Å². The number of ether oxygens (including phenoxy) is 1. The second kappa shape index (κ2) is 7.75. The van der Waals surface area contributed by atoms with Gasteiger partial charge in [0.25, 0.3) is 0 Å². The molecule has 8 heteroatoms. The van der Waals surface area contributed by atoms with Crippen LogP contribution in [-0.2, 0) is 9.59 Å². The number of thioether (sulfide) groups is 1. The average molecular weight is 370 g/mol. The Bertz CT molecular complexity index is 963. The number of hydrogen-bond acceptors (Lipinski definition) is 5. The van der Waals surface area contributed by atoms with Gasteiger partial charge in [-0.1, -0.05) is 24.3 Å². The summed E-state index contributed by atoms with van der Waals surface area (Å²) in [4.78, 5) is 29.7. The number of hydrogen-bond donors (Lipinski definition) is 3. The molecule has 26 heavy (non-hydrogen) atoms. The minimum atomic E-state index is -1.09. The van der Waals surface area contributed by atoms with Crippen LogP contribution in [0.4, 0.5) is 0 Å². The Morgan fingerprint density at radius 1 is 1.15 bits per heavy atom. The second-order valence-electron chi connectivity index (χ2n) is 5.23. The Morgan fingerprint density at radius 3 is 2.69 bits per heavy atom. The fraction of sp³-hybridized carbons (Fsp3) is 0.0556. The molecule has 0 radical (unpaired) electrons. The van der Waals surface area contributed by atoms with Crippen molar-refractivity contribution in [3.63, 3.8) is 0 Å². The molecule has 2 aromatic carbocycles. The number of benzene rings is 2. The summed E-state index contributed by atoms with van der Waals surface area (Å²) in [7, 11) is 0. The molecule has 0 unspecified atom stereocenters. The SMILES string of the molecule is O=C(O)COc1cccc(/C=C(\Sc2nc3ccccc3[nH]2)C(=O)O)c1. The molecule has 0 amide bonds. The summed E-state index contributed by atoms with van der Waals surface area (Å²) in [6.45, 7) is -0.466. The van der Waals surface area contributed by atoms with Crippen LogP contribution in [0.5, 0.6) is 5.75 Å². The maximum absolute atomic E-state index is 11.6. The lowest BCUT2D eigenvalue weighted by atomic mass is 10.2. The van der Waals surface area contributed by atoms with E-state index < -0.39 is 18.5 Å². The van der Waals surface area contributed by atoms with E-state index in [1.54, 1.807) is 24.3 Å². The number of para-hydroxylation sites is 2. The van der Waals surface area contributed by atoms with Gasteiger partial charge in [0.15, 0.2) is 11.8 Å². The first kappa shape index (κ1) is 17.6. The van der Waals surface area contributed by atoms with Gasteiger partial charge in [0, 0.05) is 0 Å². The average Bonchev–Trinajstić information content (AvgIpc) is 3.02. The number of aromatic nitrogens is 2. The van der Waals surface area contributed by atoms with Crippen LogP contribution in [0.1, 0.15) is 5.56 Å². The molecule has 0 saturated carbocycles. The lowest BCUT2D eigenvalue weighted by Crippen LogP contribution is -2.09. The van der Waals surface area contributed by atoms with Crippen molar-refractivity contribution in [3.05, 3.63) is 59.0 Å². The Labute approximate surface area is 152 Å². The molecule has 3 rings (SSSR count). The van der Waals surface area contributed by atoms with Crippen molar-refractivity contribution >= 4 is 40.8 Å². The van der Waals surface area contributed by atoms with E-state index in [2.05, 4.69) is 9.97 Å². The molecule has 0 aliphatic rings. The summed E-state index contributed by atoms with van der Waals surface area (Å²) < 4.78 is 5.11. The molecule has 0 aliphatic carbocycles. The van der Waals surface area contributed by atoms with Crippen molar-refractivity contribution < 1.29 is 24.5 Å². The van der Waals surface area contributed by atoms with Crippen molar-refractivity contribution in [1.82, 2.24) is 9.97 Å². The predicted octanol–water partition coefficient (Wildman–Crippen LogP) is 3.24. The van der Waals surface area contributed by atoms with Crippen molar-refractivity contribution in [2.24, 2.45) is 0 Å². The van der Waals surface area contributed by atoms with Crippen molar-refractivity contribution in [1.29, 1.82) is 0 Å². The highest BCUT2D eigenvalue weighted by Gasteiger charge is 2.13. The van der Waals surface area contributed by atoms with Gasteiger partial charge in [0.2, 0.25) is 0 Å². The summed E-state index contributed by atoms with van der Waals surface area (Å²) >= 11 is 1.00. The third-order valence-electron chi connectivity index (χ3n) is 3.30. The number of carbonyl (C=O) groups is 2. The summed E-state index contributed by atoms with van der Waals surface area (Å²) in [5.41, 5.74) is 2.15. The van der Waals surface area contributed by atoms with Crippen LogP contribution >= 0.6 is 11.8 Å². The number of H-pyrrole nitrogens is 1. The first-order chi connectivity index (χ1) is 12.5. The standard InChI is InChI=1S/C18H14N2O5S/c21-16(22)10-25-12-5-3-4-11(8-12)9-15(17(23)24)26-18-19-13-6-1-2-7-14(13)20-18/h1-9H,10H2,(H,19,20)(H,21,22)(H,23,24)/b15-9-. The number of imidazole rings is 1. The molecule has 0 saturated heterocycles. The van der Waals surface area contributed by atoms with Crippen LogP contribution in [0.25, 0.3) is 17.1 Å². The maximum atomic E-state index is 11.6. The predicted molar refractivity (Wildman–Crippen MR) is 97.1 cm³/mol. The highest BCUT2D eigenvalue weighted by molar-refractivity contribution is 8.04. The van der Waals surface area contributed by atoms with E-state index in [0.29, 0.717) is 16.5 Å². The van der Waals surface area contributed by atoms with Gasteiger partial charge in [-0.2, -0.15) is 0 Å². The molecular formula is C18H14N2O5S. The minimum absolute atomic E-state index is 0.0689. The third-order valence-corrected chi connectivity index (χ3v) is 4.20. The molecule has 0 bridgehead atoms. The van der Waals surface area contributed by atoms with E-state index in [0.717, 1.165) is 22.8 Å². The Balaban J connectivity index is 1.84. The van der Waals surface area contributed by atoms with Crippen LogP contribution < -0.4 is 4.74 Å². The van der Waals surface area contributed by atoms with Gasteiger partial charge in [-0.15, -0.1) is 0 Å². The molecule has 1 aromatic heterocycles. The number of carboxylic acids is 2. The van der Waals surface area contributed by atoms with Crippen LogP contribution in [0.3, 0.4) is 0 Å². The molecule has 132 valence electrons. The molecule has 0 fully saturated rings. The first-order valence-electron chi connectivity index (χ1n) is 7.53. The molecule has 1 heterocycles. The summed E-state index contributed by atoms with van der Waals surface area (Å²) in [6.07, 6.45) is 1.48. The van der Waals surface area contributed by atoms with E-state index in [4.69, 9.17) is 9.84 Å². The Morgan fingerprint density at radius 2 is 1.96 bits per heavy atom. The fourth-order valence-electron chi connectivity index (χ4n) is 2.21. The molecule has 0 aliphatic heterocycles. The van der Waals surface area contributed by atoms with Crippen molar-refractivity contribution in [3.8, 4) is 5.75 Å². The number of aromatic amines is 1. The molecule has 3 aromatic rings. The van der Waals surface area contributed by atoms with Crippen LogP contribution in [-0.4, -0.2) is 38.7 Å². The van der Waals surface area contributed by atoms with Crippen LogP contribution in [0.2, 0.25) is 0 Å². The summed E-state index contributed by atoms with van der Waals surface area (Å²) in [6, 6.07) is 14.0. The van der Waals surface area contributed by atoms with Gasteiger partial charge < -0.3 is 19.9 Å². The normalized spacial score (nSPS) is 11.5. The van der Waals surface area contributed by atoms with Crippen molar-refractivity contribution in [2.45, 2.75) is 5.16 Å². The second-order valence-corrected chi connectivity index (χ2v) is 6.26. The van der Waals surface area contributed by atoms with Gasteiger partial charge >= 0.3 is 11.9 Å². The fourth-order valence-corrected chi connectivity index (χ4v) is 3.00. The van der Waals surface area contributed by atoms with Gasteiger partial charge in [0.1, 0.15) is 10.7 Å². The molecule has 0 atom stereocenters. The molecule has 3 N–H and O–H groups in total. The Kier molecular flexibility index (Phi) is 5.23. The first-order valence-corrected chi connectivity index (χ1v) is 8.35. The zero-order valence-electron chi connectivity index (χ0n) is 13.4. The highest BCUT2D eigenvalue weighted by atomic mass is 32.2. The van der Waals surface area contributed by atoms with Gasteiger partial charge in [-0.05, 0) is 47.7 Å². The minimum Gasteiger partial charge on any atom is -0.482 e. The number of nitrogens with one attached hydrogen (secondary N) is 1. The zero-order chi connectivity index (χ0) is 18.5. The lowest BCUT2D eigenvalue weighted by molar-refractivity contribution is -0.139. The Hall–Kier alpha value is -3.26. The number of fused-ring (bicyclic) bond motifs is 1. The maximum Gasteiger partial charge on any atom is 0.342 e. The zero-order valence-corrected chi connectivity index (χ0v) is 14.2. The highest BCUT2D eigenvalue weighted by Crippen LogP contribution is 2.28. The summed E-state index contributed by atoms with van der Waals surface area (Å²) in [5.74, 6) is -1.83. The topological polar surface area (TPSA) is 113 Å². The number of carboxylic acid groups (broad SMARTS) is 2. The largest absolute Gasteiger partial charge is 0.482 e. The quantitative estimate of drug-likeness (QED) is 0.432. The third kappa shape index (κ3) is 4.42. The smallest absolute Gasteiger partial charge is 0.342 e. The van der Waals surface area contributed by atoms with E-state index in [1.165, 1.54) is 6.08 Å². The molecule has 7 nitrogen and oxygen atoms in total. The number of nitrogens with zero attached hydrogens (tertiary/aromatic N) is 1. The number of aliphatic carboxylic acids is 2. The van der Waals surface area contributed by atoms with Gasteiger partial charge in [-0.3, -0.25) is 0 Å². The van der Waals surface area contributed by atoms with E-state index in [-0.39, 0.29) is 4.91 Å². The number of rotatable bonds is 7.